The topological polar surface area (TPSA) is 71.3 Å². The van der Waals surface area contributed by atoms with Gasteiger partial charge in [-0.15, -0.1) is 0 Å². The van der Waals surface area contributed by atoms with E-state index in [4.69, 9.17) is 9.47 Å². The van der Waals surface area contributed by atoms with Gasteiger partial charge in [0.05, 0.1) is 13.2 Å². The van der Waals surface area contributed by atoms with E-state index in [-0.39, 0.29) is 5.57 Å². The number of rotatable bonds is 7. The quantitative estimate of drug-likeness (QED) is 0.405. The van der Waals surface area contributed by atoms with E-state index in [1.165, 1.54) is 6.08 Å². The van der Waals surface area contributed by atoms with E-state index in [0.717, 1.165) is 4.47 Å². The second-order valence-corrected chi connectivity index (χ2v) is 7.09. The van der Waals surface area contributed by atoms with Crippen LogP contribution in [0, 0.1) is 11.3 Å². The fourth-order valence-corrected chi connectivity index (χ4v) is 3.10. The lowest BCUT2D eigenvalue weighted by Gasteiger charge is -2.13. The molecule has 2 rings (SSSR count). The second kappa shape index (κ2) is 10.1. The average molecular weight is 494 g/mol. The molecule has 2 aromatic carbocycles. The Bertz CT molecular complexity index is 905. The summed E-state index contributed by atoms with van der Waals surface area (Å²) in [5.74, 6) is 0.660. The standard InChI is InChI=1S/C20H18Br2N2O3/c1-3-26-18-9-13(17(22)11-19(18)27-4-2)8-14(12-23)20(25)24-16-7-5-6-15(21)10-16/h5-11H,3-4H2,1-2H3,(H,24,25)/b14-8-. The number of hydrogen-bond acceptors (Lipinski definition) is 4. The third kappa shape index (κ3) is 5.84. The van der Waals surface area contributed by atoms with Crippen molar-refractivity contribution in [2.75, 3.05) is 18.5 Å². The van der Waals surface area contributed by atoms with Crippen molar-refractivity contribution in [3.8, 4) is 17.6 Å². The fourth-order valence-electron chi connectivity index (χ4n) is 2.27. The Hall–Kier alpha value is -2.30. The SMILES string of the molecule is CCOc1cc(Br)c(/C=C(/C#N)C(=O)Nc2cccc(Br)c2)cc1OCC. The zero-order valence-electron chi connectivity index (χ0n) is 14.9. The number of halogens is 2. The van der Waals surface area contributed by atoms with Crippen LogP contribution in [0.4, 0.5) is 5.69 Å². The molecule has 0 heterocycles. The average Bonchev–Trinajstić information content (AvgIpc) is 2.63. The van der Waals surface area contributed by atoms with Gasteiger partial charge in [-0.05, 0) is 55.8 Å². The van der Waals surface area contributed by atoms with Crippen molar-refractivity contribution < 1.29 is 14.3 Å². The molecule has 7 heteroatoms. The van der Waals surface area contributed by atoms with Crippen LogP contribution in [0.1, 0.15) is 19.4 Å². The molecule has 0 aliphatic rings. The molecule has 0 atom stereocenters. The molecule has 0 saturated heterocycles. The van der Waals surface area contributed by atoms with Gasteiger partial charge in [0.25, 0.3) is 5.91 Å². The summed E-state index contributed by atoms with van der Waals surface area (Å²) in [7, 11) is 0. The lowest BCUT2D eigenvalue weighted by molar-refractivity contribution is -0.112. The molecule has 1 amide bonds. The van der Waals surface area contributed by atoms with Gasteiger partial charge < -0.3 is 14.8 Å². The minimum Gasteiger partial charge on any atom is -0.490 e. The van der Waals surface area contributed by atoms with Crippen molar-refractivity contribution in [2.45, 2.75) is 13.8 Å². The molecule has 0 fully saturated rings. The summed E-state index contributed by atoms with van der Waals surface area (Å²) >= 11 is 6.81. The molecule has 0 aromatic heterocycles. The van der Waals surface area contributed by atoms with Crippen LogP contribution < -0.4 is 14.8 Å². The Morgan fingerprint density at radius 3 is 2.41 bits per heavy atom. The van der Waals surface area contributed by atoms with E-state index in [9.17, 15) is 10.1 Å². The van der Waals surface area contributed by atoms with Crippen molar-refractivity contribution in [1.29, 1.82) is 5.26 Å². The number of carbonyl (C=O) groups excluding carboxylic acids is 1. The Labute approximate surface area is 175 Å². The second-order valence-electron chi connectivity index (χ2n) is 5.32. The molecule has 140 valence electrons. The smallest absolute Gasteiger partial charge is 0.266 e. The Kier molecular flexibility index (Phi) is 7.89. The molecule has 5 nitrogen and oxygen atoms in total. The van der Waals surface area contributed by atoms with Gasteiger partial charge in [-0.25, -0.2) is 0 Å². The zero-order valence-corrected chi connectivity index (χ0v) is 18.1. The molecule has 0 aliphatic carbocycles. The first kappa shape index (κ1) is 21.0. The van der Waals surface area contributed by atoms with Gasteiger partial charge >= 0.3 is 0 Å². The van der Waals surface area contributed by atoms with E-state index >= 15 is 0 Å². The fraction of sp³-hybridized carbons (Fsp3) is 0.200. The van der Waals surface area contributed by atoms with Gasteiger partial charge in [-0.2, -0.15) is 5.26 Å². The maximum absolute atomic E-state index is 12.5. The van der Waals surface area contributed by atoms with Gasteiger partial charge in [-0.3, -0.25) is 4.79 Å². The molecule has 0 saturated carbocycles. The van der Waals surface area contributed by atoms with Crippen LogP contribution in [0.15, 0.2) is 50.9 Å². The number of nitriles is 1. The van der Waals surface area contributed by atoms with Crippen molar-refractivity contribution in [2.24, 2.45) is 0 Å². The molecular weight excluding hydrogens is 476 g/mol. The van der Waals surface area contributed by atoms with Crippen LogP contribution in [0.3, 0.4) is 0 Å². The van der Waals surface area contributed by atoms with Gasteiger partial charge in [0, 0.05) is 14.6 Å². The van der Waals surface area contributed by atoms with Crippen LogP contribution in [0.25, 0.3) is 6.08 Å². The minimum absolute atomic E-state index is 0.0257. The summed E-state index contributed by atoms with van der Waals surface area (Å²) in [6.45, 7) is 4.73. The number of carbonyl (C=O) groups is 1. The number of anilines is 1. The third-order valence-corrected chi connectivity index (χ3v) is 4.59. The predicted molar refractivity (Wildman–Crippen MR) is 113 cm³/mol. The molecule has 0 spiro atoms. The van der Waals surface area contributed by atoms with E-state index in [2.05, 4.69) is 37.2 Å². The first-order valence-electron chi connectivity index (χ1n) is 8.26. The largest absolute Gasteiger partial charge is 0.490 e. The maximum atomic E-state index is 12.5. The van der Waals surface area contributed by atoms with E-state index in [1.54, 1.807) is 30.3 Å². The molecule has 2 aromatic rings. The van der Waals surface area contributed by atoms with Gasteiger partial charge in [0.2, 0.25) is 0 Å². The van der Waals surface area contributed by atoms with Crippen LogP contribution >= 0.6 is 31.9 Å². The Morgan fingerprint density at radius 1 is 1.15 bits per heavy atom. The first-order valence-corrected chi connectivity index (χ1v) is 9.84. The number of benzene rings is 2. The summed E-state index contributed by atoms with van der Waals surface area (Å²) in [6, 6.07) is 12.6. The van der Waals surface area contributed by atoms with Crippen molar-refractivity contribution in [1.82, 2.24) is 0 Å². The van der Waals surface area contributed by atoms with E-state index < -0.39 is 5.91 Å². The summed E-state index contributed by atoms with van der Waals surface area (Å²) in [5, 5.41) is 12.1. The normalized spacial score (nSPS) is 10.9. The van der Waals surface area contributed by atoms with Gasteiger partial charge in [0.1, 0.15) is 11.6 Å². The summed E-state index contributed by atoms with van der Waals surface area (Å²) in [6.07, 6.45) is 1.51. The summed E-state index contributed by atoms with van der Waals surface area (Å²) in [4.78, 5) is 12.5. The van der Waals surface area contributed by atoms with Crippen LogP contribution in [0.5, 0.6) is 11.5 Å². The highest BCUT2D eigenvalue weighted by Crippen LogP contribution is 2.35. The molecular formula is C20H18Br2N2O3. The number of amides is 1. The summed E-state index contributed by atoms with van der Waals surface area (Å²) in [5.41, 5.74) is 1.21. The number of ether oxygens (including phenoxy) is 2. The first-order chi connectivity index (χ1) is 13.0. The molecule has 1 N–H and O–H groups in total. The number of nitrogens with zero attached hydrogens (tertiary/aromatic N) is 1. The highest BCUT2D eigenvalue weighted by atomic mass is 79.9. The van der Waals surface area contributed by atoms with Gasteiger partial charge in [-0.1, -0.05) is 37.9 Å². The van der Waals surface area contributed by atoms with Crippen LogP contribution in [-0.4, -0.2) is 19.1 Å². The lowest BCUT2D eigenvalue weighted by atomic mass is 10.1. The van der Waals surface area contributed by atoms with Crippen LogP contribution in [0.2, 0.25) is 0 Å². The van der Waals surface area contributed by atoms with E-state index in [0.29, 0.717) is 40.4 Å². The molecule has 0 radical (unpaired) electrons. The molecule has 27 heavy (non-hydrogen) atoms. The highest BCUT2D eigenvalue weighted by Gasteiger charge is 2.14. The van der Waals surface area contributed by atoms with Crippen molar-refractivity contribution in [3.05, 3.63) is 56.5 Å². The minimum atomic E-state index is -0.491. The number of hydrogen-bond donors (Lipinski definition) is 1. The van der Waals surface area contributed by atoms with Crippen molar-refractivity contribution in [3.63, 3.8) is 0 Å². The number of nitrogens with one attached hydrogen (secondary N) is 1. The Morgan fingerprint density at radius 2 is 1.81 bits per heavy atom. The van der Waals surface area contributed by atoms with Gasteiger partial charge in [0.15, 0.2) is 11.5 Å². The van der Waals surface area contributed by atoms with Crippen molar-refractivity contribution >= 4 is 49.5 Å². The predicted octanol–water partition coefficient (Wildman–Crippen LogP) is 5.55. The third-order valence-electron chi connectivity index (χ3n) is 3.41. The molecule has 0 bridgehead atoms. The van der Waals surface area contributed by atoms with E-state index in [1.807, 2.05) is 26.0 Å². The highest BCUT2D eigenvalue weighted by molar-refractivity contribution is 9.10. The monoisotopic (exact) mass is 492 g/mol. The lowest BCUT2D eigenvalue weighted by Crippen LogP contribution is -2.13. The summed E-state index contributed by atoms with van der Waals surface area (Å²) < 4.78 is 12.7. The Balaban J connectivity index is 2.34. The molecule has 0 unspecified atom stereocenters. The zero-order chi connectivity index (χ0) is 19.8. The maximum Gasteiger partial charge on any atom is 0.266 e. The van der Waals surface area contributed by atoms with Crippen LogP contribution in [-0.2, 0) is 4.79 Å². The molecule has 0 aliphatic heterocycles.